The number of sulfone groups is 1. The van der Waals surface area contributed by atoms with E-state index in [0.29, 0.717) is 24.5 Å². The Hall–Kier alpha value is -2.09. The van der Waals surface area contributed by atoms with Crippen LogP contribution in [0.5, 0.6) is 5.75 Å². The number of aliphatic hydroxyl groups excluding tert-OH is 1. The van der Waals surface area contributed by atoms with Gasteiger partial charge < -0.3 is 15.5 Å². The van der Waals surface area contributed by atoms with Crippen molar-refractivity contribution in [3.63, 3.8) is 0 Å². The Bertz CT molecular complexity index is 1070. The highest BCUT2D eigenvalue weighted by molar-refractivity contribution is 7.91. The van der Waals surface area contributed by atoms with Crippen LogP contribution in [0.4, 0.5) is 0 Å². The van der Waals surface area contributed by atoms with Crippen LogP contribution >= 0.6 is 24.0 Å². The van der Waals surface area contributed by atoms with Crippen molar-refractivity contribution >= 4 is 33.8 Å². The molecule has 3 aromatic carbocycles. The topological polar surface area (TPSA) is 86.6 Å². The summed E-state index contributed by atoms with van der Waals surface area (Å²) in [5, 5.41) is 23.5. The van der Waals surface area contributed by atoms with E-state index in [1.165, 1.54) is 24.3 Å². The average molecular weight is 468 g/mol. The fourth-order valence-electron chi connectivity index (χ4n) is 2.93. The second kappa shape index (κ2) is 10.8. The van der Waals surface area contributed by atoms with Crippen LogP contribution in [-0.2, 0) is 16.3 Å². The molecule has 1 atom stereocenters. The van der Waals surface area contributed by atoms with E-state index >= 15 is 0 Å². The van der Waals surface area contributed by atoms with Crippen molar-refractivity contribution in [3.05, 3.63) is 88.9 Å². The van der Waals surface area contributed by atoms with E-state index in [1.807, 2.05) is 6.07 Å². The first kappa shape index (κ1) is 24.2. The molecule has 0 amide bonds. The van der Waals surface area contributed by atoms with E-state index in [-0.39, 0.29) is 27.9 Å². The third kappa shape index (κ3) is 6.20. The minimum absolute atomic E-state index is 0. The van der Waals surface area contributed by atoms with Crippen LogP contribution in [-0.4, -0.2) is 31.7 Å². The van der Waals surface area contributed by atoms with Gasteiger partial charge in [0.05, 0.1) is 15.9 Å². The summed E-state index contributed by atoms with van der Waals surface area (Å²) >= 11 is 5.94. The molecule has 0 aromatic heterocycles. The van der Waals surface area contributed by atoms with Crippen LogP contribution in [0.3, 0.4) is 0 Å². The molecule has 160 valence electrons. The van der Waals surface area contributed by atoms with Crippen molar-refractivity contribution in [1.82, 2.24) is 5.32 Å². The highest BCUT2D eigenvalue weighted by Gasteiger charge is 2.17. The number of phenols is 1. The normalized spacial score (nSPS) is 12.2. The van der Waals surface area contributed by atoms with E-state index in [9.17, 15) is 18.6 Å². The van der Waals surface area contributed by atoms with Gasteiger partial charge in [0.15, 0.2) is 0 Å². The van der Waals surface area contributed by atoms with E-state index in [4.69, 9.17) is 11.6 Å². The molecule has 0 radical (unpaired) electrons. The molecule has 0 saturated carbocycles. The maximum absolute atomic E-state index is 12.6. The van der Waals surface area contributed by atoms with E-state index in [2.05, 4.69) is 5.32 Å². The molecule has 3 aromatic rings. The molecule has 0 spiro atoms. The first-order chi connectivity index (χ1) is 13.9. The zero-order chi connectivity index (χ0) is 20.9. The highest BCUT2D eigenvalue weighted by Crippen LogP contribution is 2.24. The molecule has 3 rings (SSSR count). The van der Waals surface area contributed by atoms with Gasteiger partial charge in [-0.3, -0.25) is 0 Å². The lowest BCUT2D eigenvalue weighted by Gasteiger charge is -2.12. The molecule has 0 aliphatic heterocycles. The predicted octanol–water partition coefficient (Wildman–Crippen LogP) is 4.17. The Labute approximate surface area is 187 Å². The average Bonchev–Trinajstić information content (AvgIpc) is 2.71. The zero-order valence-electron chi connectivity index (χ0n) is 16.0. The van der Waals surface area contributed by atoms with Gasteiger partial charge in [-0.25, -0.2) is 8.42 Å². The van der Waals surface area contributed by atoms with Crippen LogP contribution < -0.4 is 5.32 Å². The number of halogens is 2. The van der Waals surface area contributed by atoms with Gasteiger partial charge in [0.2, 0.25) is 9.84 Å². The Balaban J connectivity index is 0.00000320. The number of hydrogen-bond donors (Lipinski definition) is 3. The summed E-state index contributed by atoms with van der Waals surface area (Å²) in [4.78, 5) is 0.234. The molecule has 0 saturated heterocycles. The van der Waals surface area contributed by atoms with Gasteiger partial charge in [-0.1, -0.05) is 41.9 Å². The van der Waals surface area contributed by atoms with Gasteiger partial charge in [-0.2, -0.15) is 0 Å². The predicted molar refractivity (Wildman–Crippen MR) is 120 cm³/mol. The molecule has 0 heterocycles. The summed E-state index contributed by atoms with van der Waals surface area (Å²) in [6.45, 7) is 1.03. The Morgan fingerprint density at radius 2 is 1.63 bits per heavy atom. The molecule has 0 aliphatic carbocycles. The third-order valence-corrected chi connectivity index (χ3v) is 6.53. The second-order valence-corrected chi connectivity index (χ2v) is 9.06. The molecule has 30 heavy (non-hydrogen) atoms. The summed E-state index contributed by atoms with van der Waals surface area (Å²) in [5.41, 5.74) is 1.73. The van der Waals surface area contributed by atoms with Crippen LogP contribution in [0.2, 0.25) is 5.02 Å². The van der Waals surface area contributed by atoms with Gasteiger partial charge in [-0.15, -0.1) is 12.4 Å². The SMILES string of the molecule is Cl.O=S(=O)(c1ccc(CCNCC(O)c2cccc(Cl)c2)cc1)c1cccc(O)c1. The standard InChI is InChI=1S/C22H22ClNO4S.ClH/c23-18-4-1-3-17(13-18)22(26)15-24-12-11-16-7-9-20(10-8-16)29(27,28)21-6-2-5-19(25)14-21;/h1-10,13-14,22,24-26H,11-12,15H2;1H. The number of aliphatic hydroxyl groups is 1. The molecule has 0 aliphatic rings. The van der Waals surface area contributed by atoms with Gasteiger partial charge in [0.25, 0.3) is 0 Å². The van der Waals surface area contributed by atoms with E-state index < -0.39 is 15.9 Å². The van der Waals surface area contributed by atoms with Crippen molar-refractivity contribution < 1.29 is 18.6 Å². The molecular formula is C22H23Cl2NO4S. The summed E-state index contributed by atoms with van der Waals surface area (Å²) in [7, 11) is -3.67. The molecule has 3 N–H and O–H groups in total. The number of nitrogens with one attached hydrogen (secondary N) is 1. The minimum atomic E-state index is -3.67. The first-order valence-electron chi connectivity index (χ1n) is 9.13. The fourth-order valence-corrected chi connectivity index (χ4v) is 4.42. The van der Waals surface area contributed by atoms with Gasteiger partial charge >= 0.3 is 0 Å². The van der Waals surface area contributed by atoms with E-state index in [0.717, 1.165) is 11.1 Å². The maximum Gasteiger partial charge on any atom is 0.206 e. The maximum atomic E-state index is 12.6. The van der Waals surface area contributed by atoms with Crippen molar-refractivity contribution in [2.45, 2.75) is 22.3 Å². The summed E-state index contributed by atoms with van der Waals surface area (Å²) < 4.78 is 25.3. The first-order valence-corrected chi connectivity index (χ1v) is 11.0. The van der Waals surface area contributed by atoms with Crippen LogP contribution in [0.1, 0.15) is 17.2 Å². The fraction of sp³-hybridized carbons (Fsp3) is 0.182. The highest BCUT2D eigenvalue weighted by atomic mass is 35.5. The zero-order valence-corrected chi connectivity index (χ0v) is 18.4. The molecule has 1 unspecified atom stereocenters. The van der Waals surface area contributed by atoms with E-state index in [1.54, 1.807) is 42.5 Å². The number of benzene rings is 3. The second-order valence-electron chi connectivity index (χ2n) is 6.67. The summed E-state index contributed by atoms with van der Waals surface area (Å²) in [6.07, 6.45) is 0.0397. The van der Waals surface area contributed by atoms with Crippen molar-refractivity contribution in [2.75, 3.05) is 13.1 Å². The number of aromatic hydroxyl groups is 1. The van der Waals surface area contributed by atoms with Crippen LogP contribution in [0.15, 0.2) is 82.6 Å². The van der Waals surface area contributed by atoms with Crippen molar-refractivity contribution in [3.8, 4) is 5.75 Å². The largest absolute Gasteiger partial charge is 0.508 e. The van der Waals surface area contributed by atoms with Gasteiger partial charge in [-0.05, 0) is 66.6 Å². The van der Waals surface area contributed by atoms with Crippen LogP contribution in [0.25, 0.3) is 0 Å². The quantitative estimate of drug-likeness (QED) is 0.432. The van der Waals surface area contributed by atoms with Gasteiger partial charge in [0.1, 0.15) is 5.75 Å². The van der Waals surface area contributed by atoms with Crippen molar-refractivity contribution in [1.29, 1.82) is 0 Å². The number of hydrogen-bond acceptors (Lipinski definition) is 5. The Morgan fingerprint density at radius 1 is 0.933 bits per heavy atom. The monoisotopic (exact) mass is 467 g/mol. The lowest BCUT2D eigenvalue weighted by Crippen LogP contribution is -2.23. The van der Waals surface area contributed by atoms with Gasteiger partial charge in [0, 0.05) is 11.6 Å². The Morgan fingerprint density at radius 3 is 2.30 bits per heavy atom. The lowest BCUT2D eigenvalue weighted by molar-refractivity contribution is 0.175. The molecule has 0 fully saturated rings. The molecule has 0 bridgehead atoms. The third-order valence-electron chi connectivity index (χ3n) is 4.52. The minimum Gasteiger partial charge on any atom is -0.508 e. The Kier molecular flexibility index (Phi) is 8.70. The molecular weight excluding hydrogens is 445 g/mol. The van der Waals surface area contributed by atoms with Crippen molar-refractivity contribution in [2.24, 2.45) is 0 Å². The number of phenolic OH excluding ortho intramolecular Hbond substituents is 1. The summed E-state index contributed by atoms with van der Waals surface area (Å²) in [6, 6.07) is 19.4. The van der Waals surface area contributed by atoms with Crippen LogP contribution in [0, 0.1) is 0 Å². The lowest BCUT2D eigenvalue weighted by atomic mass is 10.1. The number of rotatable bonds is 8. The summed E-state index contributed by atoms with van der Waals surface area (Å²) in [5.74, 6) is -0.0891. The smallest absolute Gasteiger partial charge is 0.206 e. The molecule has 5 nitrogen and oxygen atoms in total. The molecule has 8 heteroatoms.